The quantitative estimate of drug-likeness (QED) is 0.733. The van der Waals surface area contributed by atoms with Crippen molar-refractivity contribution in [2.24, 2.45) is 0 Å². The van der Waals surface area contributed by atoms with Gasteiger partial charge in [0.15, 0.2) is 5.82 Å². The predicted octanol–water partition coefficient (Wildman–Crippen LogP) is 2.91. The highest BCUT2D eigenvalue weighted by Crippen LogP contribution is 2.30. The molecule has 1 aromatic carbocycles. The summed E-state index contributed by atoms with van der Waals surface area (Å²) in [6.45, 7) is 2.09. The first-order valence-corrected chi connectivity index (χ1v) is 7.33. The Kier molecular flexibility index (Phi) is 2.84. The molecule has 0 atom stereocenters. The number of nitrogens with zero attached hydrogens (tertiary/aromatic N) is 3. The number of fused-ring (bicyclic) bond motifs is 3. The smallest absolute Gasteiger partial charge is 0.156 e. The fraction of sp³-hybridized carbons (Fsp3) is 0.312. The summed E-state index contributed by atoms with van der Waals surface area (Å²) in [6, 6.07) is 5.63. The summed E-state index contributed by atoms with van der Waals surface area (Å²) in [7, 11) is 0. The molecular weight excluding hydrogens is 264 g/mol. The van der Waals surface area contributed by atoms with Crippen molar-refractivity contribution in [1.82, 2.24) is 15.0 Å². The highest BCUT2D eigenvalue weighted by Gasteiger charge is 2.18. The molecule has 1 aliphatic rings. The van der Waals surface area contributed by atoms with E-state index >= 15 is 0 Å². The van der Waals surface area contributed by atoms with Crippen molar-refractivity contribution in [3.8, 4) is 0 Å². The largest absolute Gasteiger partial charge is 0.355 e. The number of hydrogen-bond donors (Lipinski definition) is 1. The zero-order chi connectivity index (χ0) is 14.2. The van der Waals surface area contributed by atoms with Gasteiger partial charge in [-0.05, 0) is 37.5 Å². The lowest BCUT2D eigenvalue weighted by molar-refractivity contribution is 0.112. The van der Waals surface area contributed by atoms with Gasteiger partial charge in [-0.1, -0.05) is 0 Å². The van der Waals surface area contributed by atoms with E-state index in [4.69, 9.17) is 0 Å². The minimum atomic E-state index is 0.668. The number of H-pyrrole nitrogens is 1. The SMILES string of the molecule is O=Cc1ccc2[nH]c3c(N4CCCCC4)ncnc3c2c1. The maximum atomic E-state index is 11.0. The van der Waals surface area contributed by atoms with E-state index in [1.54, 1.807) is 6.33 Å². The molecule has 21 heavy (non-hydrogen) atoms. The summed E-state index contributed by atoms with van der Waals surface area (Å²) < 4.78 is 0. The van der Waals surface area contributed by atoms with Crippen LogP contribution >= 0.6 is 0 Å². The second kappa shape index (κ2) is 4.84. The first-order valence-electron chi connectivity index (χ1n) is 7.33. The van der Waals surface area contributed by atoms with Crippen molar-refractivity contribution >= 4 is 34.0 Å². The third-order valence-electron chi connectivity index (χ3n) is 4.18. The summed E-state index contributed by atoms with van der Waals surface area (Å²) in [5, 5.41) is 0.982. The van der Waals surface area contributed by atoms with Gasteiger partial charge in [-0.3, -0.25) is 4.79 Å². The molecule has 0 aliphatic carbocycles. The topological polar surface area (TPSA) is 61.9 Å². The van der Waals surface area contributed by atoms with Crippen LogP contribution in [0.25, 0.3) is 21.9 Å². The summed E-state index contributed by atoms with van der Waals surface area (Å²) >= 11 is 0. The summed E-state index contributed by atoms with van der Waals surface area (Å²) in [4.78, 5) is 25.6. The lowest BCUT2D eigenvalue weighted by Crippen LogP contribution is -2.30. The van der Waals surface area contributed by atoms with E-state index in [1.807, 2.05) is 18.2 Å². The Labute approximate surface area is 122 Å². The Morgan fingerprint density at radius 1 is 1.14 bits per heavy atom. The molecule has 1 aliphatic heterocycles. The van der Waals surface area contributed by atoms with E-state index in [2.05, 4.69) is 19.9 Å². The third kappa shape index (κ3) is 1.96. The first kappa shape index (κ1) is 12.3. The number of carbonyl (C=O) groups excluding carboxylic acids is 1. The third-order valence-corrected chi connectivity index (χ3v) is 4.18. The molecule has 106 valence electrons. The van der Waals surface area contributed by atoms with Gasteiger partial charge in [0.2, 0.25) is 0 Å². The standard InChI is InChI=1S/C16H16N4O/c21-9-11-4-5-13-12(8-11)14-15(19-13)16(18-10-17-14)20-6-2-1-3-7-20/h4-5,8-10,19H,1-3,6-7H2. The van der Waals surface area contributed by atoms with Crippen LogP contribution in [0.3, 0.4) is 0 Å². The van der Waals surface area contributed by atoms with Gasteiger partial charge in [-0.15, -0.1) is 0 Å². The molecule has 4 rings (SSSR count). The van der Waals surface area contributed by atoms with Crippen LogP contribution in [0.15, 0.2) is 24.5 Å². The number of piperidine rings is 1. The molecular formula is C16H16N4O. The van der Waals surface area contributed by atoms with Crippen molar-refractivity contribution < 1.29 is 4.79 Å². The first-order chi connectivity index (χ1) is 10.4. The normalized spacial score (nSPS) is 15.7. The van der Waals surface area contributed by atoms with E-state index < -0.39 is 0 Å². The number of benzene rings is 1. The molecule has 3 heterocycles. The number of aromatic amines is 1. The van der Waals surface area contributed by atoms with Gasteiger partial charge < -0.3 is 9.88 Å². The van der Waals surface area contributed by atoms with Crippen molar-refractivity contribution in [3.05, 3.63) is 30.1 Å². The lowest BCUT2D eigenvalue weighted by atomic mass is 10.1. The van der Waals surface area contributed by atoms with E-state index in [-0.39, 0.29) is 0 Å². The second-order valence-electron chi connectivity index (χ2n) is 5.52. The Balaban J connectivity index is 1.94. The van der Waals surface area contributed by atoms with Crippen molar-refractivity contribution in [3.63, 3.8) is 0 Å². The van der Waals surface area contributed by atoms with Gasteiger partial charge in [0.25, 0.3) is 0 Å². The van der Waals surface area contributed by atoms with Crippen molar-refractivity contribution in [1.29, 1.82) is 0 Å². The maximum absolute atomic E-state index is 11.0. The van der Waals surface area contributed by atoms with Crippen LogP contribution in [0, 0.1) is 0 Å². The van der Waals surface area contributed by atoms with Crippen LogP contribution in [0.4, 0.5) is 5.82 Å². The average Bonchev–Trinajstić information content (AvgIpc) is 2.93. The molecule has 3 aromatic rings. The molecule has 1 fully saturated rings. The molecule has 1 saturated heterocycles. The van der Waals surface area contributed by atoms with E-state index in [0.717, 1.165) is 47.1 Å². The van der Waals surface area contributed by atoms with Gasteiger partial charge in [0, 0.05) is 29.6 Å². The van der Waals surface area contributed by atoms with E-state index in [1.165, 1.54) is 19.3 Å². The molecule has 0 unspecified atom stereocenters. The fourth-order valence-corrected chi connectivity index (χ4v) is 3.12. The van der Waals surface area contributed by atoms with Crippen LogP contribution in [0.5, 0.6) is 0 Å². The lowest BCUT2D eigenvalue weighted by Gasteiger charge is -2.27. The van der Waals surface area contributed by atoms with E-state index in [9.17, 15) is 4.79 Å². The molecule has 0 radical (unpaired) electrons. The summed E-state index contributed by atoms with van der Waals surface area (Å²) in [6.07, 6.45) is 6.19. The minimum Gasteiger partial charge on any atom is -0.355 e. The van der Waals surface area contributed by atoms with Crippen LogP contribution in [-0.4, -0.2) is 34.3 Å². The Bertz CT molecular complexity index is 818. The number of carbonyl (C=O) groups is 1. The molecule has 2 aromatic heterocycles. The van der Waals surface area contributed by atoms with E-state index in [0.29, 0.717) is 5.56 Å². The number of aromatic nitrogens is 3. The monoisotopic (exact) mass is 280 g/mol. The number of aldehydes is 1. The average molecular weight is 280 g/mol. The van der Waals surface area contributed by atoms with Crippen molar-refractivity contribution in [2.45, 2.75) is 19.3 Å². The Morgan fingerprint density at radius 3 is 2.81 bits per heavy atom. The van der Waals surface area contributed by atoms with Gasteiger partial charge >= 0.3 is 0 Å². The molecule has 5 nitrogen and oxygen atoms in total. The maximum Gasteiger partial charge on any atom is 0.156 e. The number of nitrogens with one attached hydrogen (secondary N) is 1. The molecule has 0 saturated carbocycles. The Hall–Kier alpha value is -2.43. The van der Waals surface area contributed by atoms with Crippen LogP contribution in [0.2, 0.25) is 0 Å². The molecule has 1 N–H and O–H groups in total. The molecule has 0 bridgehead atoms. The predicted molar refractivity (Wildman–Crippen MR) is 82.8 cm³/mol. The Morgan fingerprint density at radius 2 is 2.00 bits per heavy atom. The second-order valence-corrected chi connectivity index (χ2v) is 5.52. The highest BCUT2D eigenvalue weighted by molar-refractivity contribution is 6.09. The van der Waals surface area contributed by atoms with Gasteiger partial charge in [0.1, 0.15) is 23.6 Å². The van der Waals surface area contributed by atoms with Gasteiger partial charge in [-0.2, -0.15) is 0 Å². The zero-order valence-corrected chi connectivity index (χ0v) is 11.7. The number of rotatable bonds is 2. The van der Waals surface area contributed by atoms with Crippen LogP contribution in [-0.2, 0) is 0 Å². The fourth-order valence-electron chi connectivity index (χ4n) is 3.12. The summed E-state index contributed by atoms with van der Waals surface area (Å²) in [5.74, 6) is 0.976. The van der Waals surface area contributed by atoms with Crippen LogP contribution in [0.1, 0.15) is 29.6 Å². The van der Waals surface area contributed by atoms with Crippen molar-refractivity contribution in [2.75, 3.05) is 18.0 Å². The summed E-state index contributed by atoms with van der Waals surface area (Å²) in [5.41, 5.74) is 3.53. The van der Waals surface area contributed by atoms with Gasteiger partial charge in [-0.25, -0.2) is 9.97 Å². The number of hydrogen-bond acceptors (Lipinski definition) is 4. The zero-order valence-electron chi connectivity index (χ0n) is 11.7. The number of anilines is 1. The molecule has 0 amide bonds. The van der Waals surface area contributed by atoms with Gasteiger partial charge in [0.05, 0.1) is 0 Å². The highest BCUT2D eigenvalue weighted by atomic mass is 16.1. The molecule has 0 spiro atoms. The minimum absolute atomic E-state index is 0.668. The molecule has 5 heteroatoms. The van der Waals surface area contributed by atoms with Crippen LogP contribution < -0.4 is 4.90 Å².